The van der Waals surface area contributed by atoms with Crippen LogP contribution in [0.1, 0.15) is 41.0 Å². The topological polar surface area (TPSA) is 85.8 Å². The number of nitrogens with one attached hydrogen (secondary N) is 1. The molecular formula is C14H20ClN5OS. The van der Waals surface area contributed by atoms with Gasteiger partial charge in [0.2, 0.25) is 0 Å². The Hall–Kier alpha value is -1.44. The molecule has 0 atom stereocenters. The summed E-state index contributed by atoms with van der Waals surface area (Å²) in [6.07, 6.45) is 5.80. The van der Waals surface area contributed by atoms with Crippen LogP contribution in [0.2, 0.25) is 0 Å². The molecule has 0 aromatic carbocycles. The molecular weight excluding hydrogens is 322 g/mol. The summed E-state index contributed by atoms with van der Waals surface area (Å²) in [5.41, 5.74) is 5.93. The normalized spacial score (nSPS) is 16.2. The van der Waals surface area contributed by atoms with Crippen molar-refractivity contribution in [3.05, 3.63) is 34.3 Å². The Bertz CT molecular complexity index is 607. The van der Waals surface area contributed by atoms with Crippen molar-refractivity contribution in [2.45, 2.75) is 37.8 Å². The second-order valence-electron chi connectivity index (χ2n) is 5.53. The smallest absolute Gasteiger partial charge is 0.273 e. The fourth-order valence-electron chi connectivity index (χ4n) is 2.78. The summed E-state index contributed by atoms with van der Waals surface area (Å²) < 4.78 is 1.69. The zero-order valence-electron chi connectivity index (χ0n) is 12.2. The number of nitrogens with two attached hydrogens (primary N) is 1. The predicted octanol–water partition coefficient (Wildman–Crippen LogP) is 1.81. The van der Waals surface area contributed by atoms with Crippen LogP contribution >= 0.6 is 23.7 Å². The first-order valence-corrected chi connectivity index (χ1v) is 8.04. The molecule has 1 amide bonds. The van der Waals surface area contributed by atoms with Crippen molar-refractivity contribution in [2.75, 3.05) is 6.54 Å². The first-order chi connectivity index (χ1) is 10.2. The van der Waals surface area contributed by atoms with Crippen LogP contribution in [-0.4, -0.2) is 33.0 Å². The summed E-state index contributed by atoms with van der Waals surface area (Å²) in [5.74, 6) is -0.181. The van der Waals surface area contributed by atoms with Crippen LogP contribution in [0.25, 0.3) is 0 Å². The second kappa shape index (κ2) is 7.21. The molecule has 1 aliphatic carbocycles. The van der Waals surface area contributed by atoms with Crippen molar-refractivity contribution in [3.8, 4) is 0 Å². The van der Waals surface area contributed by atoms with Gasteiger partial charge >= 0.3 is 0 Å². The largest absolute Gasteiger partial charge is 0.344 e. The van der Waals surface area contributed by atoms with Gasteiger partial charge in [0.15, 0.2) is 5.69 Å². The summed E-state index contributed by atoms with van der Waals surface area (Å²) in [4.78, 5) is 13.5. The molecule has 8 heteroatoms. The van der Waals surface area contributed by atoms with Crippen molar-refractivity contribution >= 4 is 29.7 Å². The van der Waals surface area contributed by atoms with E-state index in [0.717, 1.165) is 25.7 Å². The highest BCUT2D eigenvalue weighted by atomic mass is 35.5. The first-order valence-electron chi connectivity index (χ1n) is 7.16. The molecule has 6 nitrogen and oxygen atoms in total. The maximum atomic E-state index is 12.3. The maximum absolute atomic E-state index is 12.3. The lowest BCUT2D eigenvalue weighted by molar-refractivity contribution is 0.0898. The summed E-state index contributed by atoms with van der Waals surface area (Å²) in [7, 11) is 0. The standard InChI is InChI=1S/C14H19N5OS.ClH/c15-10-14(5-1-2-6-14)16-13(20)12-9-19(18-17-12)8-11-4-3-7-21-11;/h3-4,7,9H,1-2,5-6,8,10,15H2,(H,16,20);1H. The number of halogens is 1. The zero-order valence-corrected chi connectivity index (χ0v) is 13.8. The molecule has 2 heterocycles. The van der Waals surface area contributed by atoms with Gasteiger partial charge in [-0.1, -0.05) is 24.1 Å². The minimum absolute atomic E-state index is 0. The van der Waals surface area contributed by atoms with E-state index in [4.69, 9.17) is 5.73 Å². The lowest BCUT2D eigenvalue weighted by Gasteiger charge is -2.28. The number of amides is 1. The van der Waals surface area contributed by atoms with E-state index in [1.807, 2.05) is 17.5 Å². The predicted molar refractivity (Wildman–Crippen MR) is 88.4 cm³/mol. The Morgan fingerprint density at radius 2 is 2.23 bits per heavy atom. The molecule has 0 aliphatic heterocycles. The number of aromatic nitrogens is 3. The molecule has 1 saturated carbocycles. The Balaban J connectivity index is 0.00000176. The van der Waals surface area contributed by atoms with E-state index in [1.165, 1.54) is 4.88 Å². The van der Waals surface area contributed by atoms with E-state index in [-0.39, 0.29) is 23.9 Å². The number of hydrogen-bond donors (Lipinski definition) is 2. The monoisotopic (exact) mass is 341 g/mol. The van der Waals surface area contributed by atoms with Crippen molar-refractivity contribution in [3.63, 3.8) is 0 Å². The zero-order chi connectivity index (χ0) is 14.7. The Labute approximate surface area is 139 Å². The van der Waals surface area contributed by atoms with Crippen LogP contribution in [0, 0.1) is 0 Å². The number of thiophene rings is 1. The Morgan fingerprint density at radius 3 is 2.86 bits per heavy atom. The highest BCUT2D eigenvalue weighted by molar-refractivity contribution is 7.09. The molecule has 2 aromatic heterocycles. The maximum Gasteiger partial charge on any atom is 0.273 e. The Kier molecular flexibility index (Phi) is 5.55. The SMILES string of the molecule is Cl.NCC1(NC(=O)c2cn(Cc3cccs3)nn2)CCCC1. The van der Waals surface area contributed by atoms with Gasteiger partial charge < -0.3 is 11.1 Å². The van der Waals surface area contributed by atoms with E-state index in [1.54, 1.807) is 22.2 Å². The van der Waals surface area contributed by atoms with Gasteiger partial charge in [-0.05, 0) is 24.3 Å². The summed E-state index contributed by atoms with van der Waals surface area (Å²) >= 11 is 1.66. The van der Waals surface area contributed by atoms with Gasteiger partial charge in [0.05, 0.1) is 18.3 Å². The van der Waals surface area contributed by atoms with E-state index in [9.17, 15) is 4.79 Å². The average molecular weight is 342 g/mol. The molecule has 1 fully saturated rings. The number of nitrogens with zero attached hydrogens (tertiary/aromatic N) is 3. The second-order valence-corrected chi connectivity index (χ2v) is 6.56. The lowest BCUT2D eigenvalue weighted by Crippen LogP contribution is -2.51. The molecule has 3 N–H and O–H groups in total. The number of rotatable bonds is 5. The van der Waals surface area contributed by atoms with Crippen molar-refractivity contribution in [1.82, 2.24) is 20.3 Å². The minimum atomic E-state index is -0.255. The van der Waals surface area contributed by atoms with Gasteiger partial charge in [-0.3, -0.25) is 4.79 Å². The molecule has 0 spiro atoms. The molecule has 0 bridgehead atoms. The number of carbonyl (C=O) groups is 1. The average Bonchev–Trinajstić information content (AvgIpc) is 3.20. The van der Waals surface area contributed by atoms with Crippen LogP contribution in [-0.2, 0) is 6.54 Å². The highest BCUT2D eigenvalue weighted by Gasteiger charge is 2.34. The number of hydrogen-bond acceptors (Lipinski definition) is 5. The molecule has 120 valence electrons. The van der Waals surface area contributed by atoms with Crippen LogP contribution in [0.4, 0.5) is 0 Å². The van der Waals surface area contributed by atoms with Crippen LogP contribution in [0.5, 0.6) is 0 Å². The van der Waals surface area contributed by atoms with Gasteiger partial charge in [-0.2, -0.15) is 0 Å². The molecule has 0 radical (unpaired) electrons. The molecule has 1 aliphatic rings. The van der Waals surface area contributed by atoms with Crippen LogP contribution in [0.15, 0.2) is 23.7 Å². The quantitative estimate of drug-likeness (QED) is 0.868. The van der Waals surface area contributed by atoms with E-state index >= 15 is 0 Å². The number of carbonyl (C=O) groups excluding carboxylic acids is 1. The molecule has 0 saturated heterocycles. The highest BCUT2D eigenvalue weighted by Crippen LogP contribution is 2.28. The third-order valence-electron chi connectivity index (χ3n) is 4.00. The van der Waals surface area contributed by atoms with E-state index < -0.39 is 0 Å². The van der Waals surface area contributed by atoms with Crippen molar-refractivity contribution in [2.24, 2.45) is 5.73 Å². The van der Waals surface area contributed by atoms with E-state index in [2.05, 4.69) is 15.6 Å². The Morgan fingerprint density at radius 1 is 1.45 bits per heavy atom. The molecule has 2 aromatic rings. The summed E-state index contributed by atoms with van der Waals surface area (Å²) in [5, 5.41) is 13.1. The van der Waals surface area contributed by atoms with Crippen LogP contribution < -0.4 is 11.1 Å². The summed E-state index contributed by atoms with van der Waals surface area (Å²) in [6.45, 7) is 1.11. The van der Waals surface area contributed by atoms with Gasteiger partial charge in [-0.15, -0.1) is 28.8 Å². The van der Waals surface area contributed by atoms with Crippen molar-refractivity contribution in [1.29, 1.82) is 0 Å². The van der Waals surface area contributed by atoms with Gasteiger partial charge in [-0.25, -0.2) is 4.68 Å². The molecule has 0 unspecified atom stereocenters. The van der Waals surface area contributed by atoms with Crippen LogP contribution in [0.3, 0.4) is 0 Å². The molecule has 22 heavy (non-hydrogen) atoms. The summed E-state index contributed by atoms with van der Waals surface area (Å²) in [6, 6.07) is 4.03. The fraction of sp³-hybridized carbons (Fsp3) is 0.500. The van der Waals surface area contributed by atoms with Gasteiger partial charge in [0.1, 0.15) is 0 Å². The first kappa shape index (κ1) is 16.9. The van der Waals surface area contributed by atoms with Gasteiger partial charge in [0.25, 0.3) is 5.91 Å². The fourth-order valence-corrected chi connectivity index (χ4v) is 3.47. The molecule has 3 rings (SSSR count). The van der Waals surface area contributed by atoms with Crippen molar-refractivity contribution < 1.29 is 4.79 Å². The van der Waals surface area contributed by atoms with E-state index in [0.29, 0.717) is 18.8 Å². The third-order valence-corrected chi connectivity index (χ3v) is 4.86. The minimum Gasteiger partial charge on any atom is -0.344 e. The third kappa shape index (κ3) is 3.66. The lowest BCUT2D eigenvalue weighted by atomic mass is 9.98. The van der Waals surface area contributed by atoms with Gasteiger partial charge in [0, 0.05) is 11.4 Å².